The third kappa shape index (κ3) is 3.73. The monoisotopic (exact) mass is 156 g/mol. The third-order valence-electron chi connectivity index (χ3n) is 2.46. The number of nitrogens with two attached hydrogens (primary N) is 1. The van der Waals surface area contributed by atoms with Crippen LogP contribution < -0.4 is 11.1 Å². The smallest absolute Gasteiger partial charge is 0.0187 e. The van der Waals surface area contributed by atoms with Crippen molar-refractivity contribution in [3.05, 3.63) is 0 Å². The molecular weight excluding hydrogens is 136 g/mol. The lowest BCUT2D eigenvalue weighted by Gasteiger charge is -2.13. The average Bonchev–Trinajstić information content (AvgIpc) is 2.82. The molecule has 1 unspecified atom stereocenters. The first-order valence-electron chi connectivity index (χ1n) is 4.80. The van der Waals surface area contributed by atoms with Gasteiger partial charge in [0.15, 0.2) is 0 Å². The Labute approximate surface area is 69.5 Å². The second-order valence-corrected chi connectivity index (χ2v) is 3.53. The fraction of sp³-hybridized carbons (Fsp3) is 1.00. The van der Waals surface area contributed by atoms with E-state index >= 15 is 0 Å². The van der Waals surface area contributed by atoms with E-state index < -0.39 is 0 Å². The van der Waals surface area contributed by atoms with Gasteiger partial charge in [-0.2, -0.15) is 0 Å². The predicted molar refractivity (Wildman–Crippen MR) is 48.5 cm³/mol. The number of hydrogen-bond acceptors (Lipinski definition) is 2. The van der Waals surface area contributed by atoms with Crippen LogP contribution in [0.2, 0.25) is 0 Å². The standard InChI is InChI=1S/C9H20N2/c1-2-9(7-10)11-6-5-8-3-4-8/h8-9,11H,2-7,10H2,1H3. The predicted octanol–water partition coefficient (Wildman–Crippen LogP) is 1.11. The van der Waals surface area contributed by atoms with Crippen molar-refractivity contribution in [3.8, 4) is 0 Å². The van der Waals surface area contributed by atoms with Crippen LogP contribution in [-0.4, -0.2) is 19.1 Å². The van der Waals surface area contributed by atoms with Crippen LogP contribution in [0.1, 0.15) is 32.6 Å². The van der Waals surface area contributed by atoms with E-state index in [1.165, 1.54) is 25.8 Å². The van der Waals surface area contributed by atoms with Gasteiger partial charge in [-0.15, -0.1) is 0 Å². The summed E-state index contributed by atoms with van der Waals surface area (Å²) < 4.78 is 0. The second kappa shape index (κ2) is 4.73. The lowest BCUT2D eigenvalue weighted by atomic mass is 10.2. The van der Waals surface area contributed by atoms with Gasteiger partial charge in [0.1, 0.15) is 0 Å². The van der Waals surface area contributed by atoms with Crippen molar-refractivity contribution in [1.29, 1.82) is 0 Å². The Morgan fingerprint density at radius 3 is 2.73 bits per heavy atom. The molecule has 1 rings (SSSR count). The van der Waals surface area contributed by atoms with Gasteiger partial charge in [0.25, 0.3) is 0 Å². The molecule has 1 fully saturated rings. The van der Waals surface area contributed by atoms with E-state index in [0.717, 1.165) is 18.9 Å². The Morgan fingerprint density at radius 1 is 1.55 bits per heavy atom. The lowest BCUT2D eigenvalue weighted by molar-refractivity contribution is 0.488. The van der Waals surface area contributed by atoms with E-state index in [9.17, 15) is 0 Å². The highest BCUT2D eigenvalue weighted by molar-refractivity contribution is 4.75. The van der Waals surface area contributed by atoms with Crippen molar-refractivity contribution in [1.82, 2.24) is 5.32 Å². The Kier molecular flexibility index (Phi) is 3.87. The Balaban J connectivity index is 1.90. The van der Waals surface area contributed by atoms with E-state index in [-0.39, 0.29) is 0 Å². The van der Waals surface area contributed by atoms with E-state index in [1.807, 2.05) is 0 Å². The summed E-state index contributed by atoms with van der Waals surface area (Å²) in [7, 11) is 0. The van der Waals surface area contributed by atoms with Crippen molar-refractivity contribution in [3.63, 3.8) is 0 Å². The highest BCUT2D eigenvalue weighted by atomic mass is 14.9. The molecule has 11 heavy (non-hydrogen) atoms. The minimum atomic E-state index is 0.550. The van der Waals surface area contributed by atoms with Crippen LogP contribution in [0.4, 0.5) is 0 Å². The lowest BCUT2D eigenvalue weighted by Crippen LogP contribution is -2.36. The molecule has 0 amide bonds. The number of rotatable bonds is 6. The summed E-state index contributed by atoms with van der Waals surface area (Å²) in [4.78, 5) is 0. The normalized spacial score (nSPS) is 20.2. The van der Waals surface area contributed by atoms with Crippen LogP contribution in [0, 0.1) is 5.92 Å². The van der Waals surface area contributed by atoms with Crippen LogP contribution in [0.3, 0.4) is 0 Å². The number of hydrogen-bond donors (Lipinski definition) is 2. The van der Waals surface area contributed by atoms with Gasteiger partial charge in [0.05, 0.1) is 0 Å². The molecule has 1 aliphatic rings. The summed E-state index contributed by atoms with van der Waals surface area (Å²) in [5, 5.41) is 3.47. The van der Waals surface area contributed by atoms with Crippen molar-refractivity contribution >= 4 is 0 Å². The van der Waals surface area contributed by atoms with Crippen LogP contribution in [-0.2, 0) is 0 Å². The zero-order chi connectivity index (χ0) is 8.10. The molecule has 1 aliphatic carbocycles. The van der Waals surface area contributed by atoms with Crippen LogP contribution in [0.15, 0.2) is 0 Å². The van der Waals surface area contributed by atoms with Gasteiger partial charge < -0.3 is 11.1 Å². The van der Waals surface area contributed by atoms with Crippen molar-refractivity contribution in [2.75, 3.05) is 13.1 Å². The topological polar surface area (TPSA) is 38.0 Å². The second-order valence-electron chi connectivity index (χ2n) is 3.53. The van der Waals surface area contributed by atoms with E-state index in [0.29, 0.717) is 6.04 Å². The maximum Gasteiger partial charge on any atom is 0.0187 e. The molecule has 1 atom stereocenters. The van der Waals surface area contributed by atoms with Crippen molar-refractivity contribution in [2.45, 2.75) is 38.6 Å². The fourth-order valence-corrected chi connectivity index (χ4v) is 1.29. The summed E-state index contributed by atoms with van der Waals surface area (Å²) in [5.41, 5.74) is 5.55. The maximum absolute atomic E-state index is 5.55. The van der Waals surface area contributed by atoms with Crippen molar-refractivity contribution < 1.29 is 0 Å². The molecule has 0 spiro atoms. The molecule has 1 saturated carbocycles. The van der Waals surface area contributed by atoms with Gasteiger partial charge in [-0.3, -0.25) is 0 Å². The van der Waals surface area contributed by atoms with Crippen LogP contribution in [0.5, 0.6) is 0 Å². The highest BCUT2D eigenvalue weighted by Gasteiger charge is 2.20. The molecule has 2 nitrogen and oxygen atoms in total. The largest absolute Gasteiger partial charge is 0.329 e. The molecule has 0 aromatic heterocycles. The zero-order valence-electron chi connectivity index (χ0n) is 7.47. The van der Waals surface area contributed by atoms with Crippen molar-refractivity contribution in [2.24, 2.45) is 11.7 Å². The van der Waals surface area contributed by atoms with Crippen LogP contribution >= 0.6 is 0 Å². The number of nitrogens with one attached hydrogen (secondary N) is 1. The molecular formula is C9H20N2. The van der Waals surface area contributed by atoms with Gasteiger partial charge in [0.2, 0.25) is 0 Å². The Bertz CT molecular complexity index is 95.7. The Hall–Kier alpha value is -0.0800. The van der Waals surface area contributed by atoms with Gasteiger partial charge in [-0.25, -0.2) is 0 Å². The summed E-state index contributed by atoms with van der Waals surface area (Å²) in [5.74, 6) is 1.04. The van der Waals surface area contributed by atoms with E-state index in [2.05, 4.69) is 12.2 Å². The SMILES string of the molecule is CCC(CN)NCCC1CC1. The maximum atomic E-state index is 5.55. The minimum Gasteiger partial charge on any atom is -0.329 e. The molecule has 0 heterocycles. The van der Waals surface area contributed by atoms with E-state index in [4.69, 9.17) is 5.73 Å². The molecule has 0 aliphatic heterocycles. The molecule has 0 aromatic carbocycles. The summed E-state index contributed by atoms with van der Waals surface area (Å²) in [6.45, 7) is 4.13. The quantitative estimate of drug-likeness (QED) is 0.604. The first-order valence-corrected chi connectivity index (χ1v) is 4.80. The fourth-order valence-electron chi connectivity index (χ4n) is 1.29. The molecule has 2 heteroatoms. The first kappa shape index (κ1) is 9.01. The molecule has 3 N–H and O–H groups in total. The molecule has 0 aromatic rings. The van der Waals surface area contributed by atoms with E-state index in [1.54, 1.807) is 0 Å². The van der Waals surface area contributed by atoms with Crippen LogP contribution in [0.25, 0.3) is 0 Å². The summed E-state index contributed by atoms with van der Waals surface area (Å²) in [6, 6.07) is 0.550. The van der Waals surface area contributed by atoms with Gasteiger partial charge in [0, 0.05) is 12.6 Å². The van der Waals surface area contributed by atoms with Gasteiger partial charge >= 0.3 is 0 Å². The zero-order valence-corrected chi connectivity index (χ0v) is 7.47. The average molecular weight is 156 g/mol. The molecule has 0 radical (unpaired) electrons. The molecule has 0 saturated heterocycles. The third-order valence-corrected chi connectivity index (χ3v) is 2.46. The van der Waals surface area contributed by atoms with Gasteiger partial charge in [-0.1, -0.05) is 19.8 Å². The van der Waals surface area contributed by atoms with Gasteiger partial charge in [-0.05, 0) is 25.3 Å². The summed E-state index contributed by atoms with van der Waals surface area (Å²) >= 11 is 0. The molecule has 66 valence electrons. The first-order chi connectivity index (χ1) is 5.36. The highest BCUT2D eigenvalue weighted by Crippen LogP contribution is 2.31. The summed E-state index contributed by atoms with van der Waals surface area (Å²) in [6.07, 6.45) is 5.43. The Morgan fingerprint density at radius 2 is 2.27 bits per heavy atom. The molecule has 0 bridgehead atoms. The minimum absolute atomic E-state index is 0.550.